The molecule has 0 aromatic heterocycles. The molecular formula is C17H25FNO5P. The van der Waals surface area contributed by atoms with Gasteiger partial charge in [-0.25, -0.2) is 8.96 Å². The Kier molecular flexibility index (Phi) is 6.74. The molecule has 1 fully saturated rings. The maximum Gasteiger partial charge on any atom is 0.475 e. The van der Waals surface area contributed by atoms with Crippen molar-refractivity contribution >= 4 is 19.4 Å². The maximum atomic E-state index is 13.2. The van der Waals surface area contributed by atoms with E-state index in [9.17, 15) is 13.8 Å². The highest BCUT2D eigenvalue weighted by molar-refractivity contribution is 7.48. The fourth-order valence-electron chi connectivity index (χ4n) is 3.05. The third-order valence-electron chi connectivity index (χ3n) is 4.07. The van der Waals surface area contributed by atoms with Gasteiger partial charge in [-0.2, -0.15) is 0 Å². The van der Waals surface area contributed by atoms with E-state index in [1.807, 2.05) is 13.8 Å². The van der Waals surface area contributed by atoms with E-state index in [0.29, 0.717) is 12.1 Å². The van der Waals surface area contributed by atoms with Crippen molar-refractivity contribution in [3.05, 3.63) is 30.1 Å². The standard InChI is InChI=1S/C17H25FNO5P/c1-5-22-25(21,23-6-2)24-16-12(3)11-13(4)19(17(16)20)15-9-7-14(18)8-10-15/h7-10,12-13,16H,5-6,11H2,1-4H3. The zero-order valence-corrected chi connectivity index (χ0v) is 15.9. The maximum absolute atomic E-state index is 13.2. The second-order valence-corrected chi connectivity index (χ2v) is 7.68. The van der Waals surface area contributed by atoms with E-state index in [0.717, 1.165) is 0 Å². The molecule has 25 heavy (non-hydrogen) atoms. The quantitative estimate of drug-likeness (QED) is 0.672. The van der Waals surface area contributed by atoms with Crippen molar-refractivity contribution in [3.63, 3.8) is 0 Å². The topological polar surface area (TPSA) is 65.1 Å². The number of benzene rings is 1. The van der Waals surface area contributed by atoms with Gasteiger partial charge in [0.15, 0.2) is 6.10 Å². The van der Waals surface area contributed by atoms with Gasteiger partial charge in [0.25, 0.3) is 5.91 Å². The molecule has 0 aliphatic carbocycles. The molecule has 1 heterocycles. The van der Waals surface area contributed by atoms with Crippen molar-refractivity contribution in [2.45, 2.75) is 46.3 Å². The second-order valence-electron chi connectivity index (χ2n) is 6.06. The highest BCUT2D eigenvalue weighted by atomic mass is 31.2. The lowest BCUT2D eigenvalue weighted by atomic mass is 9.90. The molecule has 6 nitrogen and oxygen atoms in total. The Morgan fingerprint density at radius 2 is 1.72 bits per heavy atom. The number of phosphoric ester groups is 1. The van der Waals surface area contributed by atoms with Gasteiger partial charge >= 0.3 is 7.82 Å². The molecule has 3 atom stereocenters. The van der Waals surface area contributed by atoms with Crippen molar-refractivity contribution < 1.29 is 27.3 Å². The van der Waals surface area contributed by atoms with Crippen molar-refractivity contribution in [1.29, 1.82) is 0 Å². The monoisotopic (exact) mass is 373 g/mol. The van der Waals surface area contributed by atoms with Crippen LogP contribution < -0.4 is 4.90 Å². The molecule has 3 unspecified atom stereocenters. The largest absolute Gasteiger partial charge is 0.475 e. The SMILES string of the molecule is CCOP(=O)(OCC)OC1C(=O)N(c2ccc(F)cc2)C(C)CC1C. The number of rotatable bonds is 7. The summed E-state index contributed by atoms with van der Waals surface area (Å²) in [4.78, 5) is 14.5. The van der Waals surface area contributed by atoms with E-state index in [1.54, 1.807) is 30.9 Å². The van der Waals surface area contributed by atoms with Crippen LogP contribution >= 0.6 is 7.82 Å². The second kappa shape index (κ2) is 8.41. The summed E-state index contributed by atoms with van der Waals surface area (Å²) < 4.78 is 41.7. The number of halogens is 1. The minimum atomic E-state index is -3.82. The van der Waals surface area contributed by atoms with E-state index in [2.05, 4.69) is 0 Å². The molecule has 1 amide bonds. The minimum Gasteiger partial charge on any atom is -0.307 e. The van der Waals surface area contributed by atoms with E-state index < -0.39 is 13.9 Å². The molecule has 0 radical (unpaired) electrons. The van der Waals surface area contributed by atoms with Crippen LogP contribution in [0.5, 0.6) is 0 Å². The average Bonchev–Trinajstić information content (AvgIpc) is 2.54. The lowest BCUT2D eigenvalue weighted by Gasteiger charge is -2.41. The third kappa shape index (κ3) is 4.67. The lowest BCUT2D eigenvalue weighted by molar-refractivity contribution is -0.131. The van der Waals surface area contributed by atoms with Crippen molar-refractivity contribution in [1.82, 2.24) is 0 Å². The third-order valence-corrected chi connectivity index (χ3v) is 5.71. The number of carbonyl (C=O) groups is 1. The van der Waals surface area contributed by atoms with Gasteiger partial charge in [-0.05, 0) is 57.4 Å². The summed E-state index contributed by atoms with van der Waals surface area (Å²) in [6, 6.07) is 5.60. The Morgan fingerprint density at radius 3 is 2.24 bits per heavy atom. The van der Waals surface area contributed by atoms with Crippen LogP contribution in [0.15, 0.2) is 24.3 Å². The molecule has 1 aromatic rings. The average molecular weight is 373 g/mol. The Hall–Kier alpha value is -1.27. The van der Waals surface area contributed by atoms with Crippen molar-refractivity contribution in [3.8, 4) is 0 Å². The van der Waals surface area contributed by atoms with Gasteiger partial charge in [-0.15, -0.1) is 0 Å². The zero-order chi connectivity index (χ0) is 18.6. The van der Waals surface area contributed by atoms with E-state index in [4.69, 9.17) is 13.6 Å². The van der Waals surface area contributed by atoms with Gasteiger partial charge in [-0.3, -0.25) is 18.4 Å². The molecule has 0 N–H and O–H groups in total. The predicted octanol–water partition coefficient (Wildman–Crippen LogP) is 4.15. The number of nitrogens with zero attached hydrogens (tertiary/aromatic N) is 1. The molecule has 0 bridgehead atoms. The highest BCUT2D eigenvalue weighted by Gasteiger charge is 2.44. The smallest absolute Gasteiger partial charge is 0.307 e. The van der Waals surface area contributed by atoms with Gasteiger partial charge in [-0.1, -0.05) is 6.92 Å². The number of amides is 1. The predicted molar refractivity (Wildman–Crippen MR) is 92.9 cm³/mol. The first-order valence-electron chi connectivity index (χ1n) is 8.47. The molecule has 1 aliphatic heterocycles. The Morgan fingerprint density at radius 1 is 1.16 bits per heavy atom. The van der Waals surface area contributed by atoms with Gasteiger partial charge < -0.3 is 4.90 Å². The van der Waals surface area contributed by atoms with Gasteiger partial charge in [0.2, 0.25) is 0 Å². The lowest BCUT2D eigenvalue weighted by Crippen LogP contribution is -2.53. The van der Waals surface area contributed by atoms with Crippen LogP contribution in [0.25, 0.3) is 0 Å². The molecule has 0 saturated carbocycles. The van der Waals surface area contributed by atoms with Gasteiger partial charge in [0, 0.05) is 11.7 Å². The van der Waals surface area contributed by atoms with E-state index in [-0.39, 0.29) is 36.9 Å². The Labute approximate surface area is 147 Å². The number of piperidine rings is 1. The van der Waals surface area contributed by atoms with Crippen LogP contribution in [-0.2, 0) is 22.9 Å². The summed E-state index contributed by atoms with van der Waals surface area (Å²) in [6.07, 6.45) is -0.309. The van der Waals surface area contributed by atoms with Crippen LogP contribution in [0.4, 0.5) is 10.1 Å². The first-order valence-corrected chi connectivity index (χ1v) is 9.93. The minimum absolute atomic E-state index is 0.0913. The van der Waals surface area contributed by atoms with Crippen LogP contribution in [0.2, 0.25) is 0 Å². The number of hydrogen-bond acceptors (Lipinski definition) is 5. The van der Waals surface area contributed by atoms with Crippen LogP contribution in [0.3, 0.4) is 0 Å². The molecule has 8 heteroatoms. The summed E-state index contributed by atoms with van der Waals surface area (Å²) in [7, 11) is -3.82. The summed E-state index contributed by atoms with van der Waals surface area (Å²) in [6.45, 7) is 7.42. The van der Waals surface area contributed by atoms with Crippen LogP contribution in [0.1, 0.15) is 34.1 Å². The van der Waals surface area contributed by atoms with Gasteiger partial charge in [0.05, 0.1) is 13.2 Å². The fraction of sp³-hybridized carbons (Fsp3) is 0.588. The van der Waals surface area contributed by atoms with E-state index >= 15 is 0 Å². The highest BCUT2D eigenvalue weighted by Crippen LogP contribution is 2.52. The normalized spacial score (nSPS) is 24.6. The number of phosphoric acid groups is 1. The van der Waals surface area contributed by atoms with Crippen LogP contribution in [0, 0.1) is 11.7 Å². The number of carbonyl (C=O) groups excluding carboxylic acids is 1. The summed E-state index contributed by atoms with van der Waals surface area (Å²) in [5, 5.41) is 0. The van der Waals surface area contributed by atoms with Gasteiger partial charge in [0.1, 0.15) is 5.82 Å². The summed E-state index contributed by atoms with van der Waals surface area (Å²) in [5.74, 6) is -0.870. The van der Waals surface area contributed by atoms with E-state index in [1.165, 1.54) is 12.1 Å². The molecule has 2 rings (SSSR count). The zero-order valence-electron chi connectivity index (χ0n) is 15.0. The molecular weight excluding hydrogens is 348 g/mol. The Balaban J connectivity index is 2.27. The summed E-state index contributed by atoms with van der Waals surface area (Å²) >= 11 is 0. The first kappa shape index (κ1) is 20.0. The Bertz CT molecular complexity index is 628. The molecule has 1 aromatic carbocycles. The van der Waals surface area contributed by atoms with Crippen molar-refractivity contribution in [2.75, 3.05) is 18.1 Å². The molecule has 0 spiro atoms. The van der Waals surface area contributed by atoms with Crippen molar-refractivity contribution in [2.24, 2.45) is 5.92 Å². The first-order chi connectivity index (χ1) is 11.8. The molecule has 1 aliphatic rings. The fourth-order valence-corrected chi connectivity index (χ4v) is 4.46. The molecule has 140 valence electrons. The van der Waals surface area contributed by atoms with Crippen LogP contribution in [-0.4, -0.2) is 31.3 Å². The number of hydrogen-bond donors (Lipinski definition) is 0. The number of anilines is 1. The summed E-state index contributed by atoms with van der Waals surface area (Å²) in [5.41, 5.74) is 0.571. The molecule has 1 saturated heterocycles.